The summed E-state index contributed by atoms with van der Waals surface area (Å²) in [7, 11) is 0. The lowest BCUT2D eigenvalue weighted by Gasteiger charge is -2.11. The lowest BCUT2D eigenvalue weighted by atomic mass is 10.1. The molecule has 0 aliphatic carbocycles. The molecule has 0 atom stereocenters. The van der Waals surface area contributed by atoms with Crippen molar-refractivity contribution in [3.05, 3.63) is 65.9 Å². The quantitative estimate of drug-likeness (QED) is 0.478. The number of nitrogens with zero attached hydrogens (tertiary/aromatic N) is 4. The first-order valence-electron chi connectivity index (χ1n) is 9.16. The van der Waals surface area contributed by atoms with Gasteiger partial charge in [-0.2, -0.15) is 15.1 Å². The SMILES string of the molecule is Cc1ccc(Nc2nc(NCCO)nc3c2cnn3-c2ccccc2)cc1C. The van der Waals surface area contributed by atoms with E-state index in [0.29, 0.717) is 24.0 Å². The van der Waals surface area contributed by atoms with Crippen LogP contribution >= 0.6 is 0 Å². The molecule has 0 saturated heterocycles. The smallest absolute Gasteiger partial charge is 0.226 e. The second-order valence-electron chi connectivity index (χ2n) is 6.60. The molecule has 7 heteroatoms. The normalized spacial score (nSPS) is 11.0. The van der Waals surface area contributed by atoms with E-state index < -0.39 is 0 Å². The standard InChI is InChI=1S/C21H22N6O/c1-14-8-9-16(12-15(14)2)24-19-18-13-23-27(17-6-4-3-5-7-17)20(18)26-21(25-19)22-10-11-28/h3-9,12-13,28H,10-11H2,1-2H3,(H2,22,24,25,26). The third-order valence-corrected chi connectivity index (χ3v) is 4.59. The number of aryl methyl sites for hydroxylation is 2. The van der Waals surface area contributed by atoms with Gasteiger partial charge < -0.3 is 15.7 Å². The molecule has 0 bridgehead atoms. The average molecular weight is 374 g/mol. The maximum absolute atomic E-state index is 9.14. The predicted molar refractivity (Wildman–Crippen MR) is 111 cm³/mol. The van der Waals surface area contributed by atoms with E-state index in [1.54, 1.807) is 10.9 Å². The van der Waals surface area contributed by atoms with E-state index in [0.717, 1.165) is 16.8 Å². The molecule has 0 aliphatic rings. The summed E-state index contributed by atoms with van der Waals surface area (Å²) in [5, 5.41) is 20.9. The first-order valence-corrected chi connectivity index (χ1v) is 9.16. The van der Waals surface area contributed by atoms with Gasteiger partial charge in [-0.05, 0) is 49.2 Å². The zero-order valence-corrected chi connectivity index (χ0v) is 15.8. The predicted octanol–water partition coefficient (Wildman–Crippen LogP) is 3.58. The van der Waals surface area contributed by atoms with Crippen molar-refractivity contribution in [2.45, 2.75) is 13.8 Å². The van der Waals surface area contributed by atoms with Gasteiger partial charge >= 0.3 is 0 Å². The third-order valence-electron chi connectivity index (χ3n) is 4.59. The molecule has 3 N–H and O–H groups in total. The number of hydrogen-bond acceptors (Lipinski definition) is 6. The van der Waals surface area contributed by atoms with Crippen LogP contribution in [0.2, 0.25) is 0 Å². The van der Waals surface area contributed by atoms with Gasteiger partial charge in [-0.15, -0.1) is 0 Å². The Bertz CT molecular complexity index is 1110. The number of hydrogen-bond donors (Lipinski definition) is 3. The molecule has 0 radical (unpaired) electrons. The summed E-state index contributed by atoms with van der Waals surface area (Å²) in [4.78, 5) is 9.21. The molecule has 0 spiro atoms. The molecule has 7 nitrogen and oxygen atoms in total. The van der Waals surface area contributed by atoms with E-state index in [-0.39, 0.29) is 6.61 Å². The average Bonchev–Trinajstić information content (AvgIpc) is 3.14. The Morgan fingerprint density at radius 3 is 2.57 bits per heavy atom. The van der Waals surface area contributed by atoms with Gasteiger partial charge in [0.15, 0.2) is 5.65 Å². The second-order valence-corrected chi connectivity index (χ2v) is 6.60. The summed E-state index contributed by atoms with van der Waals surface area (Å²) in [6, 6.07) is 16.0. The lowest BCUT2D eigenvalue weighted by molar-refractivity contribution is 0.311. The number of aliphatic hydroxyl groups excluding tert-OH is 1. The number of nitrogens with one attached hydrogen (secondary N) is 2. The Labute approximate surface area is 163 Å². The van der Waals surface area contributed by atoms with Crippen molar-refractivity contribution in [2.75, 3.05) is 23.8 Å². The minimum Gasteiger partial charge on any atom is -0.395 e. The van der Waals surface area contributed by atoms with Crippen LogP contribution in [-0.4, -0.2) is 38.0 Å². The molecular weight excluding hydrogens is 352 g/mol. The van der Waals surface area contributed by atoms with Crippen LogP contribution in [-0.2, 0) is 0 Å². The van der Waals surface area contributed by atoms with Crippen molar-refractivity contribution in [3.8, 4) is 5.69 Å². The fraction of sp³-hybridized carbons (Fsp3) is 0.190. The topological polar surface area (TPSA) is 87.9 Å². The molecule has 0 saturated carbocycles. The first-order chi connectivity index (χ1) is 13.7. The van der Waals surface area contributed by atoms with Gasteiger partial charge in [0.1, 0.15) is 5.82 Å². The number of benzene rings is 2. The van der Waals surface area contributed by atoms with E-state index in [4.69, 9.17) is 5.11 Å². The second kappa shape index (κ2) is 7.66. The summed E-state index contributed by atoms with van der Waals surface area (Å²) in [5.74, 6) is 1.10. The zero-order valence-electron chi connectivity index (χ0n) is 15.8. The molecule has 2 heterocycles. The minimum atomic E-state index is -0.000731. The molecule has 0 aliphatic heterocycles. The number of anilines is 3. The van der Waals surface area contributed by atoms with Gasteiger partial charge in [0.2, 0.25) is 5.95 Å². The highest BCUT2D eigenvalue weighted by Gasteiger charge is 2.14. The molecule has 0 unspecified atom stereocenters. The van der Waals surface area contributed by atoms with Crippen molar-refractivity contribution < 1.29 is 5.11 Å². The summed E-state index contributed by atoms with van der Waals surface area (Å²) >= 11 is 0. The van der Waals surface area contributed by atoms with Crippen LogP contribution in [0.3, 0.4) is 0 Å². The van der Waals surface area contributed by atoms with Crippen LogP contribution in [0.5, 0.6) is 0 Å². The summed E-state index contributed by atoms with van der Waals surface area (Å²) in [6.07, 6.45) is 1.77. The summed E-state index contributed by atoms with van der Waals surface area (Å²) in [5.41, 5.74) is 4.99. The zero-order chi connectivity index (χ0) is 19.5. The molecule has 28 heavy (non-hydrogen) atoms. The van der Waals surface area contributed by atoms with Crippen LogP contribution < -0.4 is 10.6 Å². The fourth-order valence-corrected chi connectivity index (χ4v) is 2.96. The third kappa shape index (κ3) is 3.52. The molecule has 2 aromatic carbocycles. The number of rotatable bonds is 6. The van der Waals surface area contributed by atoms with Crippen molar-refractivity contribution in [3.63, 3.8) is 0 Å². The number of aliphatic hydroxyl groups is 1. The van der Waals surface area contributed by atoms with Gasteiger partial charge in [-0.1, -0.05) is 24.3 Å². The highest BCUT2D eigenvalue weighted by Crippen LogP contribution is 2.27. The van der Waals surface area contributed by atoms with Crippen LogP contribution in [0.4, 0.5) is 17.5 Å². The Hall–Kier alpha value is -3.45. The molecule has 2 aromatic heterocycles. The van der Waals surface area contributed by atoms with Gasteiger partial charge in [-0.25, -0.2) is 4.68 Å². The van der Waals surface area contributed by atoms with Gasteiger partial charge in [0.05, 0.1) is 23.9 Å². The van der Waals surface area contributed by atoms with Gasteiger partial charge in [0.25, 0.3) is 0 Å². The summed E-state index contributed by atoms with van der Waals surface area (Å²) in [6.45, 7) is 4.54. The van der Waals surface area contributed by atoms with Crippen LogP contribution in [0.15, 0.2) is 54.7 Å². The largest absolute Gasteiger partial charge is 0.395 e. The van der Waals surface area contributed by atoms with Crippen molar-refractivity contribution in [2.24, 2.45) is 0 Å². The Balaban J connectivity index is 1.82. The Morgan fingerprint density at radius 1 is 1.00 bits per heavy atom. The number of fused-ring (bicyclic) bond motifs is 1. The molecule has 142 valence electrons. The van der Waals surface area contributed by atoms with Crippen LogP contribution in [0.25, 0.3) is 16.7 Å². The van der Waals surface area contributed by atoms with Crippen molar-refractivity contribution >= 4 is 28.5 Å². The monoisotopic (exact) mass is 374 g/mol. The van der Waals surface area contributed by atoms with Crippen molar-refractivity contribution in [1.82, 2.24) is 19.7 Å². The maximum Gasteiger partial charge on any atom is 0.226 e. The maximum atomic E-state index is 9.14. The van der Waals surface area contributed by atoms with E-state index in [2.05, 4.69) is 51.7 Å². The highest BCUT2D eigenvalue weighted by molar-refractivity contribution is 5.90. The summed E-state index contributed by atoms with van der Waals surface area (Å²) < 4.78 is 1.78. The highest BCUT2D eigenvalue weighted by atomic mass is 16.3. The first kappa shape index (κ1) is 17.9. The lowest BCUT2D eigenvalue weighted by Crippen LogP contribution is -2.10. The molecule has 4 rings (SSSR count). The molecule has 4 aromatic rings. The van der Waals surface area contributed by atoms with Gasteiger partial charge in [0, 0.05) is 12.2 Å². The van der Waals surface area contributed by atoms with E-state index in [1.165, 1.54) is 11.1 Å². The van der Waals surface area contributed by atoms with Gasteiger partial charge in [-0.3, -0.25) is 0 Å². The van der Waals surface area contributed by atoms with E-state index >= 15 is 0 Å². The van der Waals surface area contributed by atoms with Crippen molar-refractivity contribution in [1.29, 1.82) is 0 Å². The van der Waals surface area contributed by atoms with Crippen LogP contribution in [0.1, 0.15) is 11.1 Å². The number of aromatic nitrogens is 4. The minimum absolute atomic E-state index is 0.000731. The molecule has 0 amide bonds. The van der Waals surface area contributed by atoms with E-state index in [9.17, 15) is 0 Å². The molecular formula is C21H22N6O. The number of para-hydroxylation sites is 1. The Morgan fingerprint density at radius 2 is 1.82 bits per heavy atom. The Kier molecular flexibility index (Phi) is 4.90. The van der Waals surface area contributed by atoms with E-state index in [1.807, 2.05) is 36.4 Å². The molecule has 0 fully saturated rings. The fourth-order valence-electron chi connectivity index (χ4n) is 2.96. The van der Waals surface area contributed by atoms with Crippen LogP contribution in [0, 0.1) is 13.8 Å².